The van der Waals surface area contributed by atoms with Crippen LogP contribution in [0, 0.1) is 0 Å². The Balaban J connectivity index is 1.91. The Labute approximate surface area is 74.9 Å². The number of rotatable bonds is 0. The average molecular weight is 183 g/mol. The third-order valence-electron chi connectivity index (χ3n) is 2.11. The normalized spacial score (nSPS) is 27.5. The monoisotopic (exact) mass is 183 g/mol. The molecule has 64 valence electrons. The molecule has 0 radical (unpaired) electrons. The molecule has 0 aromatic carbocycles. The van der Waals surface area contributed by atoms with Crippen molar-refractivity contribution in [2.75, 3.05) is 19.6 Å². The predicted molar refractivity (Wildman–Crippen MR) is 47.4 cm³/mol. The van der Waals surface area contributed by atoms with E-state index in [9.17, 15) is 0 Å². The molecule has 0 aromatic rings. The number of nitrogens with one attached hydrogen (secondary N) is 1. The van der Waals surface area contributed by atoms with Gasteiger partial charge in [0.1, 0.15) is 18.5 Å². The van der Waals surface area contributed by atoms with Crippen molar-refractivity contribution in [3.05, 3.63) is 11.9 Å². The Morgan fingerprint density at radius 3 is 3.58 bits per heavy atom. The largest absolute Gasteiger partial charge is 0.309 e. The molecule has 0 spiro atoms. The van der Waals surface area contributed by atoms with Gasteiger partial charge in [-0.25, -0.2) is 5.01 Å². The lowest BCUT2D eigenvalue weighted by Gasteiger charge is -2.32. The Hall–Kier alpha value is -0.720. The highest BCUT2D eigenvalue weighted by molar-refractivity contribution is 7.96. The molecule has 0 unspecified atom stereocenters. The van der Waals surface area contributed by atoms with Gasteiger partial charge in [0.2, 0.25) is 0 Å². The van der Waals surface area contributed by atoms with Gasteiger partial charge < -0.3 is 5.32 Å². The first-order valence-corrected chi connectivity index (χ1v) is 4.66. The minimum Gasteiger partial charge on any atom is -0.309 e. The zero-order chi connectivity index (χ0) is 7.97. The van der Waals surface area contributed by atoms with Crippen LogP contribution in [0.2, 0.25) is 0 Å². The van der Waals surface area contributed by atoms with Crippen molar-refractivity contribution >= 4 is 18.5 Å². The number of hydrazine groups is 2. The highest BCUT2D eigenvalue weighted by Crippen LogP contribution is 2.32. The van der Waals surface area contributed by atoms with E-state index in [1.807, 2.05) is 11.3 Å². The zero-order valence-electron chi connectivity index (χ0n) is 6.47. The lowest BCUT2D eigenvalue weighted by Crippen LogP contribution is -2.46. The molecular formula is C6H9N5S. The maximum absolute atomic E-state index is 4.10. The molecule has 0 atom stereocenters. The van der Waals surface area contributed by atoms with E-state index in [0.29, 0.717) is 0 Å². The van der Waals surface area contributed by atoms with E-state index in [-0.39, 0.29) is 0 Å². The van der Waals surface area contributed by atoms with Gasteiger partial charge in [-0.05, 0) is 4.52 Å². The second-order valence-corrected chi connectivity index (χ2v) is 3.56. The minimum atomic E-state index is 0.960. The summed E-state index contributed by atoms with van der Waals surface area (Å²) in [4.78, 5) is 0. The number of fused-ring (bicyclic) bond motifs is 3. The molecule has 0 bridgehead atoms. The number of hydrogen-bond donors (Lipinski definition) is 1. The van der Waals surface area contributed by atoms with E-state index in [4.69, 9.17) is 0 Å². The lowest BCUT2D eigenvalue weighted by molar-refractivity contribution is 0.0331. The fourth-order valence-electron chi connectivity index (χ4n) is 1.55. The number of piperazine rings is 1. The summed E-state index contributed by atoms with van der Waals surface area (Å²) in [6.45, 7) is 3.03. The van der Waals surface area contributed by atoms with Crippen LogP contribution < -0.4 is 5.32 Å². The number of nitrogens with zero attached hydrogens (tertiary/aromatic N) is 4. The highest BCUT2D eigenvalue weighted by Gasteiger charge is 2.34. The summed E-state index contributed by atoms with van der Waals surface area (Å²) in [7, 11) is 0. The fourth-order valence-corrected chi connectivity index (χ4v) is 2.22. The summed E-state index contributed by atoms with van der Waals surface area (Å²) < 4.78 is 6.16. The van der Waals surface area contributed by atoms with Crippen LogP contribution in [0.15, 0.2) is 16.3 Å². The Bertz CT molecular complexity index is 263. The molecule has 0 amide bonds. The van der Waals surface area contributed by atoms with Crippen molar-refractivity contribution in [1.29, 1.82) is 0 Å². The van der Waals surface area contributed by atoms with Crippen molar-refractivity contribution in [2.24, 2.45) is 4.40 Å². The summed E-state index contributed by atoms with van der Waals surface area (Å²) in [5, 5.41) is 7.58. The van der Waals surface area contributed by atoms with Crippen molar-refractivity contribution in [3.63, 3.8) is 0 Å². The van der Waals surface area contributed by atoms with Gasteiger partial charge in [0.15, 0.2) is 0 Å². The van der Waals surface area contributed by atoms with Crippen molar-refractivity contribution in [1.82, 2.24) is 19.9 Å². The van der Waals surface area contributed by atoms with Gasteiger partial charge in [-0.3, -0.25) is 5.01 Å². The van der Waals surface area contributed by atoms with Crippen LogP contribution >= 0.6 is 12.1 Å². The molecule has 1 saturated heterocycles. The molecule has 3 aliphatic rings. The van der Waals surface area contributed by atoms with E-state index in [1.165, 1.54) is 17.8 Å². The van der Waals surface area contributed by atoms with Gasteiger partial charge in [0, 0.05) is 25.8 Å². The topological polar surface area (TPSA) is 34.1 Å². The van der Waals surface area contributed by atoms with Gasteiger partial charge >= 0.3 is 0 Å². The van der Waals surface area contributed by atoms with Crippen LogP contribution in [0.1, 0.15) is 0 Å². The van der Waals surface area contributed by atoms with Gasteiger partial charge in [-0.2, -0.15) is 4.40 Å². The summed E-state index contributed by atoms with van der Waals surface area (Å²) in [6.07, 6.45) is 3.94. The predicted octanol–water partition coefficient (Wildman–Crippen LogP) is -0.214. The van der Waals surface area contributed by atoms with E-state index in [0.717, 1.165) is 19.6 Å². The van der Waals surface area contributed by atoms with Gasteiger partial charge in [0.25, 0.3) is 0 Å². The third kappa shape index (κ3) is 0.796. The summed E-state index contributed by atoms with van der Waals surface area (Å²) in [5.74, 6) is 0. The van der Waals surface area contributed by atoms with Crippen molar-refractivity contribution in [2.45, 2.75) is 0 Å². The molecule has 6 heteroatoms. The molecule has 0 saturated carbocycles. The molecule has 3 rings (SSSR count). The van der Waals surface area contributed by atoms with E-state index in [2.05, 4.69) is 25.4 Å². The van der Waals surface area contributed by atoms with E-state index in [1.54, 1.807) is 0 Å². The second kappa shape index (κ2) is 2.38. The van der Waals surface area contributed by atoms with Gasteiger partial charge in [-0.15, -0.1) is 0 Å². The molecule has 0 aromatic heterocycles. The lowest BCUT2D eigenvalue weighted by atomic mass is 10.3. The Kier molecular flexibility index (Phi) is 1.34. The SMILES string of the molecule is C1=NSN2N1C=C1CNCCN12. The first-order valence-electron chi connectivity index (χ1n) is 3.93. The third-order valence-corrected chi connectivity index (χ3v) is 2.83. The molecule has 5 nitrogen and oxygen atoms in total. The average Bonchev–Trinajstić information content (AvgIpc) is 2.62. The first kappa shape index (κ1) is 6.76. The van der Waals surface area contributed by atoms with Crippen LogP contribution in [0.5, 0.6) is 0 Å². The molecule has 0 aliphatic carbocycles. The van der Waals surface area contributed by atoms with E-state index >= 15 is 0 Å². The Morgan fingerprint density at radius 2 is 2.58 bits per heavy atom. The smallest absolute Gasteiger partial charge is 0.122 e. The first-order chi connectivity index (χ1) is 5.95. The maximum atomic E-state index is 4.10. The Morgan fingerprint density at radius 1 is 1.58 bits per heavy atom. The summed E-state index contributed by atoms with van der Waals surface area (Å²) >= 11 is 1.47. The molecule has 3 heterocycles. The van der Waals surface area contributed by atoms with Crippen LogP contribution in [0.3, 0.4) is 0 Å². The summed E-state index contributed by atoms with van der Waals surface area (Å²) in [6, 6.07) is 0. The van der Waals surface area contributed by atoms with Gasteiger partial charge in [0.05, 0.1) is 5.70 Å². The fraction of sp³-hybridized carbons (Fsp3) is 0.500. The molecular weight excluding hydrogens is 174 g/mol. The van der Waals surface area contributed by atoms with Crippen LogP contribution in [-0.2, 0) is 0 Å². The molecule has 3 aliphatic heterocycles. The van der Waals surface area contributed by atoms with Gasteiger partial charge in [-0.1, -0.05) is 0 Å². The standard InChI is InChI=1S/C6H9N5S/c1-2-10-6(3-7-1)4-9-5-8-12-11(9)10/h4-5,7H,1-3H2. The van der Waals surface area contributed by atoms with E-state index < -0.39 is 0 Å². The number of hydrogen-bond acceptors (Lipinski definition) is 6. The quantitative estimate of drug-likeness (QED) is 0.525. The summed E-state index contributed by atoms with van der Waals surface area (Å²) in [5.41, 5.74) is 1.32. The van der Waals surface area contributed by atoms with Crippen molar-refractivity contribution < 1.29 is 0 Å². The maximum Gasteiger partial charge on any atom is 0.122 e. The minimum absolute atomic E-state index is 0.960. The van der Waals surface area contributed by atoms with Crippen LogP contribution in [0.4, 0.5) is 0 Å². The molecule has 1 fully saturated rings. The molecule has 1 N–H and O–H groups in total. The second-order valence-electron chi connectivity index (χ2n) is 2.86. The van der Waals surface area contributed by atoms with Crippen LogP contribution in [0.25, 0.3) is 0 Å². The highest BCUT2D eigenvalue weighted by atomic mass is 32.2. The van der Waals surface area contributed by atoms with Crippen molar-refractivity contribution in [3.8, 4) is 0 Å². The molecule has 12 heavy (non-hydrogen) atoms. The zero-order valence-corrected chi connectivity index (χ0v) is 7.29. The van der Waals surface area contributed by atoms with Crippen LogP contribution in [-0.4, -0.2) is 40.5 Å².